The molecular formula is C13H17Cl5N2. The van der Waals surface area contributed by atoms with E-state index in [1.165, 1.54) is 0 Å². The molecule has 0 unspecified atom stereocenters. The fourth-order valence-corrected chi connectivity index (χ4v) is 3.52. The molecule has 0 atom stereocenters. The summed E-state index contributed by atoms with van der Waals surface area (Å²) >= 11 is 24.9. The number of halogens is 5. The van der Waals surface area contributed by atoms with Crippen LogP contribution < -0.4 is 12.4 Å². The average molecular weight is 379 g/mol. The number of hydrogen-bond acceptors (Lipinski definition) is 1. The summed E-state index contributed by atoms with van der Waals surface area (Å²) in [7, 11) is 6.35. The van der Waals surface area contributed by atoms with Crippen molar-refractivity contribution in [3.8, 4) is 0 Å². The lowest BCUT2D eigenvalue weighted by Crippen LogP contribution is -3.00. The number of quaternary nitrogens is 1. The van der Waals surface area contributed by atoms with E-state index < -0.39 is 0 Å². The highest BCUT2D eigenvalue weighted by molar-refractivity contribution is 6.52. The minimum atomic E-state index is 0. The second kappa shape index (κ2) is 6.78. The van der Waals surface area contributed by atoms with Gasteiger partial charge in [-0.2, -0.15) is 0 Å². The van der Waals surface area contributed by atoms with Crippen molar-refractivity contribution in [2.75, 3.05) is 34.2 Å². The second-order valence-corrected chi connectivity index (χ2v) is 7.19. The van der Waals surface area contributed by atoms with E-state index in [1.54, 1.807) is 0 Å². The molecule has 0 aromatic heterocycles. The lowest BCUT2D eigenvalue weighted by molar-refractivity contribution is -0.928. The summed E-state index contributed by atoms with van der Waals surface area (Å²) in [6.07, 6.45) is 0. The fraction of sp³-hybridized carbons (Fsp3) is 0.538. The molecule has 0 bridgehead atoms. The van der Waals surface area contributed by atoms with E-state index >= 15 is 0 Å². The van der Waals surface area contributed by atoms with Gasteiger partial charge in [0, 0.05) is 17.7 Å². The Morgan fingerprint density at radius 1 is 0.900 bits per heavy atom. The van der Waals surface area contributed by atoms with Crippen molar-refractivity contribution in [2.24, 2.45) is 0 Å². The number of hydrogen-bond donors (Lipinski definition) is 0. The van der Waals surface area contributed by atoms with Gasteiger partial charge in [-0.3, -0.25) is 0 Å². The summed E-state index contributed by atoms with van der Waals surface area (Å²) in [6.45, 7) is 3.74. The minimum Gasteiger partial charge on any atom is -1.00 e. The third-order valence-corrected chi connectivity index (χ3v) is 5.52. The molecule has 2 rings (SSSR count). The molecule has 0 saturated heterocycles. The SMILES string of the molecule is CN(C)CC[N+]1(C)Cc2c(Cl)c(Cl)c(Cl)c(Cl)c2C1.[Cl-]. The Balaban J connectivity index is 0.00000200. The van der Waals surface area contributed by atoms with Gasteiger partial charge in [-0.15, -0.1) is 0 Å². The summed E-state index contributed by atoms with van der Waals surface area (Å²) in [6, 6.07) is 0. The fourth-order valence-electron chi connectivity index (χ4n) is 2.47. The Labute approximate surface area is 146 Å². The van der Waals surface area contributed by atoms with E-state index in [1.807, 2.05) is 0 Å². The molecule has 1 aromatic carbocycles. The third kappa shape index (κ3) is 3.49. The standard InChI is InChI=1S/C13H17Cl4N2.ClH/c1-18(2)4-5-19(3)6-8-9(7-19)11(15)13(17)12(16)10(8)14;/h4-7H2,1-3H3;1H/q+1;/p-1. The largest absolute Gasteiger partial charge is 1.00 e. The van der Waals surface area contributed by atoms with Gasteiger partial charge in [0.05, 0.1) is 33.7 Å². The molecule has 0 N–H and O–H groups in total. The first-order valence-corrected chi connectivity index (χ1v) is 7.58. The number of nitrogens with zero attached hydrogens (tertiary/aromatic N) is 2. The van der Waals surface area contributed by atoms with Crippen LogP contribution in [0.1, 0.15) is 11.1 Å². The van der Waals surface area contributed by atoms with Crippen LogP contribution in [0.2, 0.25) is 20.1 Å². The van der Waals surface area contributed by atoms with Gasteiger partial charge in [0.25, 0.3) is 0 Å². The monoisotopic (exact) mass is 376 g/mol. The van der Waals surface area contributed by atoms with Crippen LogP contribution in [0.25, 0.3) is 0 Å². The summed E-state index contributed by atoms with van der Waals surface area (Å²) in [4.78, 5) is 2.18. The highest BCUT2D eigenvalue weighted by atomic mass is 35.5. The topological polar surface area (TPSA) is 3.24 Å². The van der Waals surface area contributed by atoms with Crippen LogP contribution in [0.4, 0.5) is 0 Å². The molecule has 0 saturated carbocycles. The molecule has 0 amide bonds. The maximum atomic E-state index is 6.31. The number of likely N-dealkylation sites (N-methyl/N-ethyl adjacent to an activating group) is 2. The molecule has 0 spiro atoms. The van der Waals surface area contributed by atoms with Gasteiger partial charge in [0.2, 0.25) is 0 Å². The lowest BCUT2D eigenvalue weighted by atomic mass is 10.1. The summed E-state index contributed by atoms with van der Waals surface area (Å²) in [5.74, 6) is 0. The lowest BCUT2D eigenvalue weighted by Gasteiger charge is -2.30. The molecule has 1 aromatic rings. The van der Waals surface area contributed by atoms with Crippen molar-refractivity contribution >= 4 is 46.4 Å². The van der Waals surface area contributed by atoms with Gasteiger partial charge in [-0.1, -0.05) is 46.4 Å². The van der Waals surface area contributed by atoms with Crippen molar-refractivity contribution in [3.63, 3.8) is 0 Å². The zero-order valence-corrected chi connectivity index (χ0v) is 15.4. The van der Waals surface area contributed by atoms with Crippen LogP contribution in [-0.2, 0) is 13.1 Å². The highest BCUT2D eigenvalue weighted by Gasteiger charge is 2.37. The van der Waals surface area contributed by atoms with Crippen LogP contribution >= 0.6 is 46.4 Å². The minimum absolute atomic E-state index is 0. The van der Waals surface area contributed by atoms with E-state index in [0.717, 1.165) is 41.8 Å². The van der Waals surface area contributed by atoms with Gasteiger partial charge in [-0.25, -0.2) is 0 Å². The molecular weight excluding hydrogens is 361 g/mol. The quantitative estimate of drug-likeness (QED) is 0.436. The zero-order valence-electron chi connectivity index (χ0n) is 11.6. The maximum Gasteiger partial charge on any atom is 0.107 e. The van der Waals surface area contributed by atoms with Crippen molar-refractivity contribution in [1.82, 2.24) is 4.90 Å². The van der Waals surface area contributed by atoms with Crippen molar-refractivity contribution in [1.29, 1.82) is 0 Å². The Kier molecular flexibility index (Phi) is 6.32. The molecule has 1 aliphatic rings. The van der Waals surface area contributed by atoms with Crippen LogP contribution in [0.5, 0.6) is 0 Å². The predicted molar refractivity (Wildman–Crippen MR) is 83.5 cm³/mol. The van der Waals surface area contributed by atoms with Gasteiger partial charge >= 0.3 is 0 Å². The number of benzene rings is 1. The first kappa shape index (κ1) is 18.6. The zero-order chi connectivity index (χ0) is 14.4. The molecule has 1 aliphatic heterocycles. The average Bonchev–Trinajstić information content (AvgIpc) is 2.71. The molecule has 114 valence electrons. The maximum absolute atomic E-state index is 6.31. The van der Waals surface area contributed by atoms with E-state index in [9.17, 15) is 0 Å². The van der Waals surface area contributed by atoms with Crippen molar-refractivity contribution < 1.29 is 16.9 Å². The molecule has 2 nitrogen and oxygen atoms in total. The normalized spacial score (nSPS) is 16.2. The van der Waals surface area contributed by atoms with Gasteiger partial charge < -0.3 is 21.8 Å². The van der Waals surface area contributed by atoms with Crippen LogP contribution in [-0.4, -0.2) is 43.6 Å². The van der Waals surface area contributed by atoms with Crippen LogP contribution in [0, 0.1) is 0 Å². The van der Waals surface area contributed by atoms with E-state index in [0.29, 0.717) is 20.1 Å². The van der Waals surface area contributed by atoms with E-state index in [-0.39, 0.29) is 12.4 Å². The summed E-state index contributed by atoms with van der Waals surface area (Å²) in [5, 5.41) is 1.84. The third-order valence-electron chi connectivity index (χ3n) is 3.64. The van der Waals surface area contributed by atoms with Gasteiger partial charge in [0.1, 0.15) is 13.1 Å². The molecule has 7 heteroatoms. The summed E-state index contributed by atoms with van der Waals surface area (Å²) < 4.78 is 0.879. The van der Waals surface area contributed by atoms with Gasteiger partial charge in [0.15, 0.2) is 0 Å². The van der Waals surface area contributed by atoms with Crippen LogP contribution in [0.3, 0.4) is 0 Å². The smallest absolute Gasteiger partial charge is 0.107 e. The van der Waals surface area contributed by atoms with Crippen molar-refractivity contribution in [2.45, 2.75) is 13.1 Å². The van der Waals surface area contributed by atoms with Gasteiger partial charge in [-0.05, 0) is 14.1 Å². The second-order valence-electron chi connectivity index (χ2n) is 5.68. The number of rotatable bonds is 3. The Morgan fingerprint density at radius 2 is 1.30 bits per heavy atom. The molecule has 20 heavy (non-hydrogen) atoms. The van der Waals surface area contributed by atoms with Crippen molar-refractivity contribution in [3.05, 3.63) is 31.2 Å². The van der Waals surface area contributed by atoms with E-state index in [4.69, 9.17) is 46.4 Å². The Morgan fingerprint density at radius 3 is 1.65 bits per heavy atom. The highest BCUT2D eigenvalue weighted by Crippen LogP contribution is 2.46. The Bertz CT molecular complexity index is 479. The molecule has 0 radical (unpaired) electrons. The Hall–Kier alpha value is 0.590. The molecule has 1 heterocycles. The van der Waals surface area contributed by atoms with Crippen LogP contribution in [0.15, 0.2) is 0 Å². The summed E-state index contributed by atoms with van der Waals surface area (Å²) in [5.41, 5.74) is 2.09. The molecule has 0 fully saturated rings. The first-order valence-electron chi connectivity index (χ1n) is 6.07. The van der Waals surface area contributed by atoms with E-state index in [2.05, 4.69) is 26.0 Å². The molecule has 0 aliphatic carbocycles. The number of fused-ring (bicyclic) bond motifs is 1. The first-order chi connectivity index (χ1) is 8.75. The predicted octanol–water partition coefficient (Wildman–Crippen LogP) is 1.33.